The van der Waals surface area contributed by atoms with Crippen LogP contribution in [-0.2, 0) is 25.9 Å². The zero-order chi connectivity index (χ0) is 26.3. The van der Waals surface area contributed by atoms with Crippen LogP contribution in [0, 0.1) is 0 Å². The number of anilines is 1. The highest BCUT2D eigenvalue weighted by Gasteiger charge is 2.45. The molecule has 36 heavy (non-hydrogen) atoms. The molecule has 6 N–H and O–H groups in total. The molecule has 4 rings (SSSR count). The van der Waals surface area contributed by atoms with Gasteiger partial charge in [-0.15, -0.1) is 0 Å². The van der Waals surface area contributed by atoms with Crippen LogP contribution in [0.2, 0.25) is 10.3 Å². The maximum Gasteiger partial charge on any atom is 0.341 e. The third kappa shape index (κ3) is 6.14. The van der Waals surface area contributed by atoms with Crippen molar-refractivity contribution in [2.24, 2.45) is 0 Å². The van der Waals surface area contributed by atoms with Crippen LogP contribution in [0.25, 0.3) is 11.0 Å². The van der Waals surface area contributed by atoms with E-state index in [1.165, 1.54) is 10.9 Å². The summed E-state index contributed by atoms with van der Waals surface area (Å²) in [6.45, 7) is -0.248. The van der Waals surface area contributed by atoms with Gasteiger partial charge in [-0.1, -0.05) is 29.8 Å². The number of fused-ring (bicyclic) bond motifs is 1. The van der Waals surface area contributed by atoms with Crippen molar-refractivity contribution in [3.05, 3.63) is 46.3 Å². The molecule has 196 valence electrons. The van der Waals surface area contributed by atoms with Crippen LogP contribution in [0.4, 0.5) is 5.82 Å². The van der Waals surface area contributed by atoms with E-state index in [4.69, 9.17) is 37.7 Å². The molecule has 3 heterocycles. The van der Waals surface area contributed by atoms with Gasteiger partial charge in [0.1, 0.15) is 24.1 Å². The van der Waals surface area contributed by atoms with Crippen molar-refractivity contribution in [3.63, 3.8) is 0 Å². The molecule has 1 saturated heterocycles. The molecule has 0 saturated carbocycles. The summed E-state index contributed by atoms with van der Waals surface area (Å²) in [6.07, 6.45) is -4.24. The van der Waals surface area contributed by atoms with Gasteiger partial charge >= 0.3 is 7.60 Å². The molecule has 2 aromatic heterocycles. The van der Waals surface area contributed by atoms with E-state index in [1.54, 1.807) is 12.1 Å². The van der Waals surface area contributed by atoms with Crippen LogP contribution in [0.15, 0.2) is 30.5 Å². The summed E-state index contributed by atoms with van der Waals surface area (Å²) in [5.41, 5.74) is -0.468. The van der Waals surface area contributed by atoms with Crippen molar-refractivity contribution in [3.8, 4) is 0 Å². The van der Waals surface area contributed by atoms with E-state index in [0.717, 1.165) is 5.56 Å². The second kappa shape index (κ2) is 10.5. The Labute approximate surface area is 214 Å². The van der Waals surface area contributed by atoms with Crippen molar-refractivity contribution in [2.75, 3.05) is 17.4 Å². The third-order valence-electron chi connectivity index (χ3n) is 5.25. The van der Waals surface area contributed by atoms with Crippen molar-refractivity contribution in [2.45, 2.75) is 31.1 Å². The summed E-state index contributed by atoms with van der Waals surface area (Å²) in [5.74, 6) is 0.325. The van der Waals surface area contributed by atoms with E-state index in [0.29, 0.717) is 22.8 Å². The summed E-state index contributed by atoms with van der Waals surface area (Å²) in [6, 6.07) is 7.20. The molecule has 0 spiro atoms. The summed E-state index contributed by atoms with van der Waals surface area (Å²) in [7, 11) is -9.23. The lowest BCUT2D eigenvalue weighted by molar-refractivity contribution is -0.0400. The Morgan fingerprint density at radius 3 is 2.56 bits per heavy atom. The highest BCUT2D eigenvalue weighted by atomic mass is 35.5. The summed E-state index contributed by atoms with van der Waals surface area (Å²) < 4.78 is 43.5. The molecule has 0 bridgehead atoms. The largest absolute Gasteiger partial charge is 0.387 e. The van der Waals surface area contributed by atoms with Gasteiger partial charge in [0, 0.05) is 18.1 Å². The number of aliphatic hydroxyl groups excluding tert-OH is 2. The molecule has 1 aliphatic heterocycles. The van der Waals surface area contributed by atoms with Crippen LogP contribution >= 0.6 is 30.8 Å². The van der Waals surface area contributed by atoms with Crippen molar-refractivity contribution < 1.29 is 37.7 Å². The minimum absolute atomic E-state index is 0.138. The van der Waals surface area contributed by atoms with E-state index < -0.39 is 54.2 Å². The lowest BCUT2D eigenvalue weighted by Gasteiger charge is -2.16. The highest BCUT2D eigenvalue weighted by molar-refractivity contribution is 7.95. The second-order valence-electron chi connectivity index (χ2n) is 7.92. The van der Waals surface area contributed by atoms with Crippen molar-refractivity contribution in [1.29, 1.82) is 0 Å². The Morgan fingerprint density at radius 1 is 1.14 bits per heavy atom. The molecule has 4 atom stereocenters. The minimum atomic E-state index is -4.85. The van der Waals surface area contributed by atoms with Crippen LogP contribution < -0.4 is 10.0 Å². The molecule has 0 amide bonds. The number of halogens is 2. The monoisotopic (exact) mass is 582 g/mol. The van der Waals surface area contributed by atoms with Gasteiger partial charge in [-0.3, -0.25) is 4.57 Å². The number of nitrogens with one attached hydrogen (secondary N) is 2. The van der Waals surface area contributed by atoms with E-state index in [1.807, 2.05) is 16.9 Å². The zero-order valence-electron chi connectivity index (χ0n) is 18.1. The smallest absolute Gasteiger partial charge is 0.341 e. The maximum atomic E-state index is 11.9. The second-order valence-corrected chi connectivity index (χ2v) is 12.5. The lowest BCUT2D eigenvalue weighted by Crippen LogP contribution is -2.40. The molecule has 18 heteroatoms. The Kier molecular flexibility index (Phi) is 7.88. The first kappa shape index (κ1) is 27.1. The van der Waals surface area contributed by atoms with Gasteiger partial charge in [0.05, 0.1) is 11.6 Å². The molecule has 3 aromatic rings. The van der Waals surface area contributed by atoms with E-state index in [2.05, 4.69) is 20.4 Å². The molecule has 14 nitrogen and oxygen atoms in total. The molecule has 0 unspecified atom stereocenters. The van der Waals surface area contributed by atoms with Gasteiger partial charge in [-0.25, -0.2) is 17.8 Å². The number of nitrogens with zero attached hydrogens (tertiary/aromatic N) is 4. The quantitative estimate of drug-likeness (QED) is 0.150. The number of ether oxygens (including phenoxy) is 1. The average molecular weight is 583 g/mol. The fraction of sp³-hybridized carbons (Fsp3) is 0.389. The standard InChI is InChI=1S/C18H21Cl2N6O8PS/c19-11-4-2-1-3-9(11)5-21-15-10-6-22-26(16(10)25-18(20)24-15)17-14(28)13(27)12(34-17)7-23-36(32,33)8-35(29,30)31/h1-4,6,12-14,17,23,27-28H,5,7-8H2,(H,21,24,25)(H2,29,30,31)/t12-,13-,14-,17-/m1/s1. The SMILES string of the molecule is O=P(O)(O)CS(=O)(=O)NC[C@H]1O[C@@H](n2ncc3c(NCc4ccccc4Cl)nc(Cl)nc32)[C@H](O)[C@@H]1O. The Morgan fingerprint density at radius 2 is 1.86 bits per heavy atom. The number of aromatic nitrogens is 4. The highest BCUT2D eigenvalue weighted by Crippen LogP contribution is 2.36. The molecular formula is C18H21Cl2N6O8PS. The third-order valence-corrected chi connectivity index (χ3v) is 9.10. The predicted molar refractivity (Wildman–Crippen MR) is 129 cm³/mol. The van der Waals surface area contributed by atoms with Gasteiger partial charge in [0.2, 0.25) is 15.3 Å². The molecule has 1 fully saturated rings. The number of sulfonamides is 1. The van der Waals surface area contributed by atoms with Gasteiger partial charge in [0.25, 0.3) is 0 Å². The van der Waals surface area contributed by atoms with Gasteiger partial charge < -0.3 is 30.1 Å². The van der Waals surface area contributed by atoms with E-state index in [-0.39, 0.29) is 10.9 Å². The van der Waals surface area contributed by atoms with Gasteiger partial charge in [-0.2, -0.15) is 15.1 Å². The zero-order valence-corrected chi connectivity index (χ0v) is 21.4. The van der Waals surface area contributed by atoms with Crippen LogP contribution in [0.3, 0.4) is 0 Å². The van der Waals surface area contributed by atoms with Gasteiger partial charge in [0.15, 0.2) is 17.4 Å². The van der Waals surface area contributed by atoms with Crippen LogP contribution in [-0.4, -0.2) is 78.5 Å². The molecule has 0 aliphatic carbocycles. The summed E-state index contributed by atoms with van der Waals surface area (Å²) >= 11 is 12.3. The predicted octanol–water partition coefficient (Wildman–Crippen LogP) is 0.419. The number of hydrogen-bond acceptors (Lipinski definition) is 10. The molecule has 1 aromatic carbocycles. The van der Waals surface area contributed by atoms with E-state index in [9.17, 15) is 23.2 Å². The first-order chi connectivity index (χ1) is 16.8. The van der Waals surface area contributed by atoms with Crippen molar-refractivity contribution in [1.82, 2.24) is 24.5 Å². The van der Waals surface area contributed by atoms with Gasteiger partial charge in [-0.05, 0) is 23.2 Å². The van der Waals surface area contributed by atoms with Crippen LogP contribution in [0.5, 0.6) is 0 Å². The number of hydrogen-bond donors (Lipinski definition) is 6. The Bertz CT molecular complexity index is 1420. The first-order valence-electron chi connectivity index (χ1n) is 10.3. The summed E-state index contributed by atoms with van der Waals surface area (Å²) in [4.78, 5) is 26.1. The molecular weight excluding hydrogens is 562 g/mol. The summed E-state index contributed by atoms with van der Waals surface area (Å²) in [5, 5.41) is 29.1. The van der Waals surface area contributed by atoms with Crippen molar-refractivity contribution >= 4 is 57.7 Å². The maximum absolute atomic E-state index is 11.9. The average Bonchev–Trinajstić information content (AvgIpc) is 3.31. The number of aliphatic hydroxyl groups is 2. The first-order valence-corrected chi connectivity index (χ1v) is 14.5. The molecule has 1 aliphatic rings. The van der Waals surface area contributed by atoms with E-state index >= 15 is 0 Å². The Balaban J connectivity index is 1.54. The normalized spacial score (nSPS) is 22.8. The lowest BCUT2D eigenvalue weighted by atomic mass is 10.1. The topological polar surface area (TPSA) is 209 Å². The Hall–Kier alpha value is -1.91. The fourth-order valence-electron chi connectivity index (χ4n) is 3.62. The minimum Gasteiger partial charge on any atom is -0.387 e. The number of rotatable bonds is 9. The number of benzene rings is 1. The van der Waals surface area contributed by atoms with Crippen LogP contribution in [0.1, 0.15) is 11.8 Å². The fourth-order valence-corrected chi connectivity index (χ4v) is 6.54. The molecule has 0 radical (unpaired) electrons.